The number of amides is 2. The zero-order valence-corrected chi connectivity index (χ0v) is 15.3. The van der Waals surface area contributed by atoms with Gasteiger partial charge in [-0.3, -0.25) is 9.59 Å². The Labute approximate surface area is 158 Å². The van der Waals surface area contributed by atoms with Crippen molar-refractivity contribution in [2.45, 2.75) is 19.9 Å². The zero-order valence-electron chi connectivity index (χ0n) is 15.3. The summed E-state index contributed by atoms with van der Waals surface area (Å²) in [6.07, 6.45) is 0.255. The molecule has 1 saturated heterocycles. The fourth-order valence-electron chi connectivity index (χ4n) is 3.59. The highest BCUT2D eigenvalue weighted by Gasteiger charge is 2.37. The molecule has 0 aliphatic carbocycles. The summed E-state index contributed by atoms with van der Waals surface area (Å²) in [6, 6.07) is 15.2. The van der Waals surface area contributed by atoms with Crippen LogP contribution in [0, 0.1) is 5.92 Å². The summed E-state index contributed by atoms with van der Waals surface area (Å²) in [7, 11) is 0. The molecule has 6 heteroatoms. The molecule has 2 aliphatic rings. The maximum atomic E-state index is 13.0. The van der Waals surface area contributed by atoms with Crippen LogP contribution in [0.4, 0.5) is 5.69 Å². The van der Waals surface area contributed by atoms with E-state index < -0.39 is 0 Å². The molecule has 27 heavy (non-hydrogen) atoms. The third-order valence-electron chi connectivity index (χ3n) is 5.05. The maximum absolute atomic E-state index is 13.0. The van der Waals surface area contributed by atoms with Crippen molar-refractivity contribution in [3.05, 3.63) is 54.1 Å². The van der Waals surface area contributed by atoms with Crippen molar-refractivity contribution in [3.63, 3.8) is 0 Å². The van der Waals surface area contributed by atoms with Crippen LogP contribution in [0.3, 0.4) is 0 Å². The first kappa shape index (κ1) is 17.4. The van der Waals surface area contributed by atoms with Crippen LogP contribution in [0.25, 0.3) is 0 Å². The van der Waals surface area contributed by atoms with Gasteiger partial charge in [0, 0.05) is 31.7 Å². The second-order valence-electron chi connectivity index (χ2n) is 6.78. The van der Waals surface area contributed by atoms with E-state index in [0.717, 1.165) is 17.0 Å². The Morgan fingerprint density at radius 1 is 1.15 bits per heavy atom. The Balaban J connectivity index is 1.45. The molecule has 0 bridgehead atoms. The van der Waals surface area contributed by atoms with Gasteiger partial charge in [-0.25, -0.2) is 0 Å². The van der Waals surface area contributed by atoms with Gasteiger partial charge in [-0.05, 0) is 36.8 Å². The Hall–Kier alpha value is -3.02. The average Bonchev–Trinajstić information content (AvgIpc) is 3.32. The minimum Gasteiger partial charge on any atom is -0.454 e. The lowest BCUT2D eigenvalue weighted by Crippen LogP contribution is -2.37. The topological polar surface area (TPSA) is 59.1 Å². The van der Waals surface area contributed by atoms with Crippen LogP contribution >= 0.6 is 0 Å². The molecule has 1 fully saturated rings. The van der Waals surface area contributed by atoms with E-state index in [9.17, 15) is 9.59 Å². The molecule has 0 N–H and O–H groups in total. The molecule has 2 heterocycles. The van der Waals surface area contributed by atoms with E-state index in [-0.39, 0.29) is 30.9 Å². The molecule has 0 spiro atoms. The van der Waals surface area contributed by atoms with Crippen molar-refractivity contribution in [2.75, 3.05) is 24.8 Å². The van der Waals surface area contributed by atoms with Gasteiger partial charge in [0.2, 0.25) is 18.6 Å². The summed E-state index contributed by atoms with van der Waals surface area (Å²) >= 11 is 0. The van der Waals surface area contributed by atoms with Gasteiger partial charge in [0.1, 0.15) is 0 Å². The molecule has 1 atom stereocenters. The lowest BCUT2D eigenvalue weighted by molar-refractivity contribution is -0.136. The summed E-state index contributed by atoms with van der Waals surface area (Å²) in [5.41, 5.74) is 1.83. The number of nitrogens with zero attached hydrogens (tertiary/aromatic N) is 2. The van der Waals surface area contributed by atoms with Gasteiger partial charge in [0.25, 0.3) is 0 Å². The number of hydrogen-bond donors (Lipinski definition) is 0. The number of carbonyl (C=O) groups is 2. The zero-order chi connectivity index (χ0) is 18.8. The molecule has 2 amide bonds. The summed E-state index contributed by atoms with van der Waals surface area (Å²) < 4.78 is 10.7. The Bertz CT molecular complexity index is 853. The lowest BCUT2D eigenvalue weighted by atomic mass is 10.1. The van der Waals surface area contributed by atoms with E-state index in [4.69, 9.17) is 9.47 Å². The SMILES string of the molecule is CCN(Cc1ccc2c(c1)OCO2)C(=O)C1CC(=O)N(c2ccccc2)C1. The maximum Gasteiger partial charge on any atom is 0.231 e. The van der Waals surface area contributed by atoms with Crippen molar-refractivity contribution >= 4 is 17.5 Å². The number of rotatable bonds is 5. The fourth-order valence-corrected chi connectivity index (χ4v) is 3.59. The van der Waals surface area contributed by atoms with Crippen molar-refractivity contribution in [2.24, 2.45) is 5.92 Å². The van der Waals surface area contributed by atoms with Gasteiger partial charge in [-0.1, -0.05) is 24.3 Å². The summed E-state index contributed by atoms with van der Waals surface area (Å²) in [4.78, 5) is 28.9. The number of benzene rings is 2. The minimum atomic E-state index is -0.313. The third kappa shape index (κ3) is 3.47. The van der Waals surface area contributed by atoms with Crippen LogP contribution in [0.2, 0.25) is 0 Å². The molecule has 1 unspecified atom stereocenters. The Kier molecular flexibility index (Phi) is 4.71. The van der Waals surface area contributed by atoms with Gasteiger partial charge in [-0.2, -0.15) is 0 Å². The predicted octanol–water partition coefficient (Wildman–Crippen LogP) is 2.82. The largest absolute Gasteiger partial charge is 0.454 e. The number of anilines is 1. The first-order chi connectivity index (χ1) is 13.2. The number of para-hydroxylation sites is 1. The van der Waals surface area contributed by atoms with Gasteiger partial charge in [-0.15, -0.1) is 0 Å². The van der Waals surface area contributed by atoms with Crippen LogP contribution in [-0.4, -0.2) is 36.6 Å². The van der Waals surface area contributed by atoms with Gasteiger partial charge < -0.3 is 19.3 Å². The monoisotopic (exact) mass is 366 g/mol. The van der Waals surface area contributed by atoms with Crippen LogP contribution in [-0.2, 0) is 16.1 Å². The number of ether oxygens (including phenoxy) is 2. The number of fused-ring (bicyclic) bond motifs is 1. The molecule has 4 rings (SSSR count). The molecule has 140 valence electrons. The quantitative estimate of drug-likeness (QED) is 0.816. The van der Waals surface area contributed by atoms with Crippen LogP contribution in [0.1, 0.15) is 18.9 Å². The standard InChI is InChI=1S/C21H22N2O4/c1-2-22(12-15-8-9-18-19(10-15)27-14-26-18)21(25)16-11-20(24)23(13-16)17-6-4-3-5-7-17/h3-10,16H,2,11-14H2,1H3. The Morgan fingerprint density at radius 3 is 2.70 bits per heavy atom. The molecule has 0 aromatic heterocycles. The van der Waals surface area contributed by atoms with Crippen LogP contribution < -0.4 is 14.4 Å². The number of hydrogen-bond acceptors (Lipinski definition) is 4. The first-order valence-corrected chi connectivity index (χ1v) is 9.18. The van der Waals surface area contributed by atoms with E-state index >= 15 is 0 Å². The second kappa shape index (κ2) is 7.31. The van der Waals surface area contributed by atoms with Crippen LogP contribution in [0.5, 0.6) is 11.5 Å². The van der Waals surface area contributed by atoms with E-state index in [0.29, 0.717) is 25.4 Å². The first-order valence-electron chi connectivity index (χ1n) is 9.18. The highest BCUT2D eigenvalue weighted by Crippen LogP contribution is 2.33. The summed E-state index contributed by atoms with van der Waals surface area (Å²) in [5.74, 6) is 1.14. The fraction of sp³-hybridized carbons (Fsp3) is 0.333. The second-order valence-corrected chi connectivity index (χ2v) is 6.78. The van der Waals surface area contributed by atoms with E-state index in [1.54, 1.807) is 9.80 Å². The Morgan fingerprint density at radius 2 is 1.93 bits per heavy atom. The molecule has 2 aromatic carbocycles. The van der Waals surface area contributed by atoms with Crippen molar-refractivity contribution in [1.29, 1.82) is 0 Å². The van der Waals surface area contributed by atoms with Crippen molar-refractivity contribution in [1.82, 2.24) is 4.90 Å². The minimum absolute atomic E-state index is 0.00122. The van der Waals surface area contributed by atoms with E-state index in [1.165, 1.54) is 0 Å². The van der Waals surface area contributed by atoms with Crippen LogP contribution in [0.15, 0.2) is 48.5 Å². The summed E-state index contributed by atoms with van der Waals surface area (Å²) in [5, 5.41) is 0. The van der Waals surface area contributed by atoms with Gasteiger partial charge in [0.15, 0.2) is 11.5 Å². The van der Waals surface area contributed by atoms with E-state index in [2.05, 4.69) is 0 Å². The highest BCUT2D eigenvalue weighted by molar-refractivity contribution is 6.00. The van der Waals surface area contributed by atoms with Gasteiger partial charge >= 0.3 is 0 Å². The molecule has 6 nitrogen and oxygen atoms in total. The molecule has 2 aliphatic heterocycles. The van der Waals surface area contributed by atoms with Crippen molar-refractivity contribution < 1.29 is 19.1 Å². The lowest BCUT2D eigenvalue weighted by Gasteiger charge is -2.24. The predicted molar refractivity (Wildman–Crippen MR) is 101 cm³/mol. The highest BCUT2D eigenvalue weighted by atomic mass is 16.7. The molecule has 0 radical (unpaired) electrons. The molecular weight excluding hydrogens is 344 g/mol. The molecule has 2 aromatic rings. The molecular formula is C21H22N2O4. The summed E-state index contributed by atoms with van der Waals surface area (Å²) in [6.45, 7) is 3.69. The normalized spacial score (nSPS) is 18.0. The number of carbonyl (C=O) groups excluding carboxylic acids is 2. The third-order valence-corrected chi connectivity index (χ3v) is 5.05. The molecule has 0 saturated carbocycles. The van der Waals surface area contributed by atoms with E-state index in [1.807, 2.05) is 55.5 Å². The smallest absolute Gasteiger partial charge is 0.231 e. The van der Waals surface area contributed by atoms with Gasteiger partial charge in [0.05, 0.1) is 5.92 Å². The van der Waals surface area contributed by atoms with Crippen molar-refractivity contribution in [3.8, 4) is 11.5 Å². The average molecular weight is 366 g/mol.